The van der Waals surface area contributed by atoms with Crippen LogP contribution in [0.4, 0.5) is 0 Å². The second-order valence-electron chi connectivity index (χ2n) is 4.61. The molecule has 0 saturated carbocycles. The van der Waals surface area contributed by atoms with Gasteiger partial charge in [-0.25, -0.2) is 0 Å². The number of nitrogens with one attached hydrogen (secondary N) is 1. The number of amides is 1. The van der Waals surface area contributed by atoms with E-state index in [1.54, 1.807) is 18.2 Å². The first kappa shape index (κ1) is 16.6. The lowest BCUT2D eigenvalue weighted by molar-refractivity contribution is 0.0896. The van der Waals surface area contributed by atoms with Crippen LogP contribution >= 0.6 is 11.6 Å². The Hall–Kier alpha value is -1.42. The van der Waals surface area contributed by atoms with Gasteiger partial charge in [-0.05, 0) is 25.0 Å². The van der Waals surface area contributed by atoms with Gasteiger partial charge in [-0.2, -0.15) is 0 Å². The standard InChI is InChI=1S/C15H22ClNO3/c1-5-15(6-2,10-16)17-14(18)13-11(19-3)8-7-9-12(13)20-4/h7-9H,5-6,10H2,1-4H3,(H,17,18). The maximum absolute atomic E-state index is 12.6. The highest BCUT2D eigenvalue weighted by Crippen LogP contribution is 2.29. The molecule has 1 aromatic rings. The van der Waals surface area contributed by atoms with Gasteiger partial charge in [0.05, 0.1) is 19.8 Å². The molecule has 0 aliphatic rings. The van der Waals surface area contributed by atoms with Crippen LogP contribution < -0.4 is 14.8 Å². The molecule has 0 radical (unpaired) electrons. The highest BCUT2D eigenvalue weighted by atomic mass is 35.5. The Morgan fingerprint density at radius 2 is 1.70 bits per heavy atom. The van der Waals surface area contributed by atoms with Crippen molar-refractivity contribution in [3.05, 3.63) is 23.8 Å². The van der Waals surface area contributed by atoms with Gasteiger partial charge in [0.1, 0.15) is 17.1 Å². The summed E-state index contributed by atoms with van der Waals surface area (Å²) < 4.78 is 10.5. The molecule has 4 nitrogen and oxygen atoms in total. The van der Waals surface area contributed by atoms with Crippen LogP contribution in [0.5, 0.6) is 11.5 Å². The number of rotatable bonds is 7. The predicted molar refractivity (Wildman–Crippen MR) is 81.0 cm³/mol. The number of alkyl halides is 1. The summed E-state index contributed by atoms with van der Waals surface area (Å²) in [4.78, 5) is 12.6. The van der Waals surface area contributed by atoms with Crippen LogP contribution in [0.1, 0.15) is 37.0 Å². The van der Waals surface area contributed by atoms with Gasteiger partial charge in [0.25, 0.3) is 5.91 Å². The monoisotopic (exact) mass is 299 g/mol. The number of carbonyl (C=O) groups excluding carboxylic acids is 1. The van der Waals surface area contributed by atoms with Crippen molar-refractivity contribution < 1.29 is 14.3 Å². The zero-order valence-electron chi connectivity index (χ0n) is 12.5. The molecule has 0 spiro atoms. The van der Waals surface area contributed by atoms with Gasteiger partial charge >= 0.3 is 0 Å². The molecule has 1 N–H and O–H groups in total. The molecule has 0 atom stereocenters. The molecule has 0 aliphatic carbocycles. The maximum atomic E-state index is 12.6. The normalized spacial score (nSPS) is 11.1. The molecular formula is C15H22ClNO3. The van der Waals surface area contributed by atoms with Crippen LogP contribution in [0.15, 0.2) is 18.2 Å². The molecule has 112 valence electrons. The minimum atomic E-state index is -0.412. The van der Waals surface area contributed by atoms with Gasteiger partial charge < -0.3 is 14.8 Å². The molecule has 1 aromatic carbocycles. The van der Waals surface area contributed by atoms with E-state index in [1.165, 1.54) is 14.2 Å². The number of ether oxygens (including phenoxy) is 2. The van der Waals surface area contributed by atoms with Gasteiger partial charge in [0.2, 0.25) is 0 Å². The van der Waals surface area contributed by atoms with Crippen molar-refractivity contribution in [2.45, 2.75) is 32.2 Å². The largest absolute Gasteiger partial charge is 0.496 e. The van der Waals surface area contributed by atoms with Gasteiger partial charge in [-0.3, -0.25) is 4.79 Å². The van der Waals surface area contributed by atoms with Crippen molar-refractivity contribution >= 4 is 17.5 Å². The van der Waals surface area contributed by atoms with E-state index in [-0.39, 0.29) is 5.91 Å². The van der Waals surface area contributed by atoms with Crippen LogP contribution in [-0.2, 0) is 0 Å². The quantitative estimate of drug-likeness (QED) is 0.786. The third kappa shape index (κ3) is 3.37. The third-order valence-electron chi connectivity index (χ3n) is 3.64. The Morgan fingerprint density at radius 3 is 2.05 bits per heavy atom. The summed E-state index contributed by atoms with van der Waals surface area (Å²) in [5.74, 6) is 1.10. The summed E-state index contributed by atoms with van der Waals surface area (Å²) >= 11 is 6.03. The van der Waals surface area contributed by atoms with E-state index in [2.05, 4.69) is 5.32 Å². The number of carbonyl (C=O) groups is 1. The van der Waals surface area contributed by atoms with E-state index in [9.17, 15) is 4.79 Å². The minimum absolute atomic E-state index is 0.233. The van der Waals surface area contributed by atoms with Crippen LogP contribution in [0.3, 0.4) is 0 Å². The smallest absolute Gasteiger partial charge is 0.259 e. The number of methoxy groups -OCH3 is 2. The minimum Gasteiger partial charge on any atom is -0.496 e. The Morgan fingerprint density at radius 1 is 1.20 bits per heavy atom. The summed E-state index contributed by atoms with van der Waals surface area (Å²) in [7, 11) is 3.06. The Labute approximate surface area is 125 Å². The van der Waals surface area contributed by atoms with E-state index in [0.29, 0.717) is 22.9 Å². The Balaban J connectivity index is 3.14. The van der Waals surface area contributed by atoms with E-state index in [0.717, 1.165) is 12.8 Å². The number of hydrogen-bond acceptors (Lipinski definition) is 3. The SMILES string of the molecule is CCC(CC)(CCl)NC(=O)c1c(OC)cccc1OC. The maximum Gasteiger partial charge on any atom is 0.259 e. The predicted octanol–water partition coefficient (Wildman–Crippen LogP) is 3.23. The highest BCUT2D eigenvalue weighted by molar-refractivity contribution is 6.19. The van der Waals surface area contributed by atoms with Crippen molar-refractivity contribution in [1.82, 2.24) is 5.32 Å². The summed E-state index contributed by atoms with van der Waals surface area (Å²) in [5, 5.41) is 3.01. The van der Waals surface area contributed by atoms with Crippen molar-refractivity contribution in [3.8, 4) is 11.5 Å². The lowest BCUT2D eigenvalue weighted by atomic mass is 9.94. The molecule has 0 heterocycles. The molecular weight excluding hydrogens is 278 g/mol. The fourth-order valence-electron chi connectivity index (χ4n) is 2.03. The van der Waals surface area contributed by atoms with Gasteiger partial charge in [-0.15, -0.1) is 11.6 Å². The summed E-state index contributed by atoms with van der Waals surface area (Å²) in [5.41, 5.74) is -0.0151. The fourth-order valence-corrected chi connectivity index (χ4v) is 2.47. The summed E-state index contributed by atoms with van der Waals surface area (Å²) in [6.45, 7) is 4.01. The van der Waals surface area contributed by atoms with Crippen molar-refractivity contribution in [1.29, 1.82) is 0 Å². The molecule has 20 heavy (non-hydrogen) atoms. The first-order valence-corrected chi connectivity index (χ1v) is 7.20. The molecule has 0 saturated heterocycles. The molecule has 0 fully saturated rings. The lowest BCUT2D eigenvalue weighted by Gasteiger charge is -2.31. The average Bonchev–Trinajstić information content (AvgIpc) is 2.51. The van der Waals surface area contributed by atoms with Crippen LogP contribution in [0.25, 0.3) is 0 Å². The molecule has 0 aromatic heterocycles. The van der Waals surface area contributed by atoms with E-state index in [4.69, 9.17) is 21.1 Å². The molecule has 0 aliphatic heterocycles. The van der Waals surface area contributed by atoms with Crippen molar-refractivity contribution in [2.75, 3.05) is 20.1 Å². The average molecular weight is 300 g/mol. The number of hydrogen-bond donors (Lipinski definition) is 1. The van der Waals surface area contributed by atoms with Crippen molar-refractivity contribution in [3.63, 3.8) is 0 Å². The number of benzene rings is 1. The third-order valence-corrected chi connectivity index (χ3v) is 4.15. The first-order valence-electron chi connectivity index (χ1n) is 6.67. The number of halogens is 1. The van der Waals surface area contributed by atoms with E-state index in [1.807, 2.05) is 13.8 Å². The zero-order chi connectivity index (χ0) is 15.2. The molecule has 1 rings (SSSR count). The summed E-state index contributed by atoms with van der Waals surface area (Å²) in [6, 6.07) is 5.25. The Kier molecular flexibility index (Phi) is 6.14. The Bertz CT molecular complexity index is 428. The van der Waals surface area contributed by atoms with Gasteiger partial charge in [-0.1, -0.05) is 19.9 Å². The van der Waals surface area contributed by atoms with E-state index < -0.39 is 5.54 Å². The fraction of sp³-hybridized carbons (Fsp3) is 0.533. The topological polar surface area (TPSA) is 47.6 Å². The lowest BCUT2D eigenvalue weighted by Crippen LogP contribution is -2.49. The zero-order valence-corrected chi connectivity index (χ0v) is 13.2. The second kappa shape index (κ2) is 7.39. The highest BCUT2D eigenvalue weighted by Gasteiger charge is 2.29. The van der Waals surface area contributed by atoms with Crippen LogP contribution in [0, 0.1) is 0 Å². The van der Waals surface area contributed by atoms with Crippen LogP contribution in [0.2, 0.25) is 0 Å². The second-order valence-corrected chi connectivity index (χ2v) is 4.88. The van der Waals surface area contributed by atoms with Crippen LogP contribution in [-0.4, -0.2) is 31.5 Å². The molecule has 5 heteroatoms. The molecule has 1 amide bonds. The summed E-state index contributed by atoms with van der Waals surface area (Å²) in [6.07, 6.45) is 1.52. The first-order chi connectivity index (χ1) is 9.57. The molecule has 0 bridgehead atoms. The van der Waals surface area contributed by atoms with E-state index >= 15 is 0 Å². The van der Waals surface area contributed by atoms with Gasteiger partial charge in [0, 0.05) is 5.88 Å². The van der Waals surface area contributed by atoms with Crippen molar-refractivity contribution in [2.24, 2.45) is 0 Å². The van der Waals surface area contributed by atoms with Gasteiger partial charge in [0.15, 0.2) is 0 Å². The molecule has 0 unspecified atom stereocenters.